The monoisotopic (exact) mass is 407 g/mol. The second kappa shape index (κ2) is 6.76. The number of hydrogen-bond donors (Lipinski definition) is 2. The van der Waals surface area contributed by atoms with E-state index in [1.807, 2.05) is 43.3 Å². The molecule has 1 spiro atoms. The summed E-state index contributed by atoms with van der Waals surface area (Å²) in [6.45, 7) is 1.68. The van der Waals surface area contributed by atoms with Crippen molar-refractivity contribution < 1.29 is 23.9 Å². The van der Waals surface area contributed by atoms with E-state index in [-0.39, 0.29) is 25.3 Å². The zero-order valence-electron chi connectivity index (χ0n) is 16.4. The van der Waals surface area contributed by atoms with E-state index in [0.717, 1.165) is 21.6 Å². The van der Waals surface area contributed by atoms with Gasteiger partial charge in [-0.05, 0) is 48.6 Å². The first-order valence-electron chi connectivity index (χ1n) is 9.89. The Kier molecular flexibility index (Phi) is 4.16. The number of carbonyl (C=O) groups is 3. The summed E-state index contributed by atoms with van der Waals surface area (Å²) >= 11 is 0. The van der Waals surface area contributed by atoms with Gasteiger partial charge in [0.25, 0.3) is 5.91 Å². The molecule has 1 saturated heterocycles. The standard InChI is InChI=1S/C22H21N3O5/c1-13(15-6-7-17-18(10-15)30-12-29-17)23-19(26)11-25-20(27)22(24-21(25)28)9-8-14-4-2-3-5-16(14)22/h2-7,10,13H,8-9,11-12H2,1H3,(H,23,26)(H,24,28). The van der Waals surface area contributed by atoms with E-state index in [1.54, 1.807) is 6.07 Å². The Morgan fingerprint density at radius 3 is 2.87 bits per heavy atom. The van der Waals surface area contributed by atoms with E-state index >= 15 is 0 Å². The number of imide groups is 1. The molecule has 2 N–H and O–H groups in total. The van der Waals surface area contributed by atoms with Crippen LogP contribution in [0, 0.1) is 0 Å². The maximum atomic E-state index is 13.2. The predicted molar refractivity (Wildman–Crippen MR) is 106 cm³/mol. The molecule has 0 aromatic heterocycles. The van der Waals surface area contributed by atoms with Crippen molar-refractivity contribution in [2.45, 2.75) is 31.3 Å². The maximum absolute atomic E-state index is 13.2. The Morgan fingerprint density at radius 1 is 1.20 bits per heavy atom. The average molecular weight is 407 g/mol. The van der Waals surface area contributed by atoms with Gasteiger partial charge in [0.1, 0.15) is 12.1 Å². The Labute approximate surface area is 173 Å². The lowest BCUT2D eigenvalue weighted by molar-refractivity contribution is -0.135. The number of carbonyl (C=O) groups excluding carboxylic acids is 3. The Bertz CT molecular complexity index is 1070. The van der Waals surface area contributed by atoms with Gasteiger partial charge in [0, 0.05) is 0 Å². The molecular formula is C22H21N3O5. The lowest BCUT2D eigenvalue weighted by atomic mass is 9.92. The first-order chi connectivity index (χ1) is 14.5. The summed E-state index contributed by atoms with van der Waals surface area (Å²) in [5.41, 5.74) is 1.65. The first kappa shape index (κ1) is 18.5. The Balaban J connectivity index is 1.28. The fourth-order valence-corrected chi connectivity index (χ4v) is 4.43. The van der Waals surface area contributed by atoms with Crippen molar-refractivity contribution in [3.63, 3.8) is 0 Å². The van der Waals surface area contributed by atoms with Gasteiger partial charge >= 0.3 is 6.03 Å². The third-order valence-electron chi connectivity index (χ3n) is 6.00. The summed E-state index contributed by atoms with van der Waals surface area (Å²) in [6.07, 6.45) is 1.21. The molecule has 2 aromatic carbocycles. The predicted octanol–water partition coefficient (Wildman–Crippen LogP) is 1.99. The summed E-state index contributed by atoms with van der Waals surface area (Å²) < 4.78 is 10.7. The maximum Gasteiger partial charge on any atom is 0.325 e. The van der Waals surface area contributed by atoms with E-state index < -0.39 is 17.5 Å². The molecule has 2 aliphatic heterocycles. The fraction of sp³-hybridized carbons (Fsp3) is 0.318. The highest BCUT2D eigenvalue weighted by atomic mass is 16.7. The summed E-state index contributed by atoms with van der Waals surface area (Å²) in [5.74, 6) is 0.513. The largest absolute Gasteiger partial charge is 0.454 e. The minimum atomic E-state index is -1.06. The summed E-state index contributed by atoms with van der Waals surface area (Å²) in [7, 11) is 0. The van der Waals surface area contributed by atoms with Crippen LogP contribution in [0.4, 0.5) is 4.79 Å². The van der Waals surface area contributed by atoms with Gasteiger partial charge in [-0.15, -0.1) is 0 Å². The molecule has 8 nitrogen and oxygen atoms in total. The highest BCUT2D eigenvalue weighted by Gasteiger charge is 2.55. The van der Waals surface area contributed by atoms with Crippen molar-refractivity contribution >= 4 is 17.8 Å². The molecule has 2 aromatic rings. The first-order valence-corrected chi connectivity index (χ1v) is 9.89. The average Bonchev–Trinajstić information content (AvgIpc) is 3.41. The Morgan fingerprint density at radius 2 is 2.00 bits per heavy atom. The van der Waals surface area contributed by atoms with Crippen LogP contribution in [0.1, 0.15) is 36.1 Å². The molecule has 0 radical (unpaired) electrons. The number of amides is 4. The number of benzene rings is 2. The molecule has 8 heteroatoms. The second-order valence-electron chi connectivity index (χ2n) is 7.79. The van der Waals surface area contributed by atoms with Crippen LogP contribution in [0.15, 0.2) is 42.5 Å². The van der Waals surface area contributed by atoms with Crippen LogP contribution in [-0.4, -0.2) is 36.1 Å². The molecule has 1 fully saturated rings. The van der Waals surface area contributed by atoms with E-state index in [4.69, 9.17) is 9.47 Å². The third-order valence-corrected chi connectivity index (χ3v) is 6.00. The van der Waals surface area contributed by atoms with E-state index in [1.165, 1.54) is 0 Å². The smallest absolute Gasteiger partial charge is 0.325 e. The number of urea groups is 1. The summed E-state index contributed by atoms with van der Waals surface area (Å²) in [6, 6.07) is 12.2. The topological polar surface area (TPSA) is 97.0 Å². The molecule has 2 unspecified atom stereocenters. The number of hydrogen-bond acceptors (Lipinski definition) is 5. The number of rotatable bonds is 4. The zero-order chi connectivity index (χ0) is 20.9. The molecule has 4 amide bonds. The van der Waals surface area contributed by atoms with Crippen LogP contribution in [-0.2, 0) is 21.5 Å². The van der Waals surface area contributed by atoms with E-state index in [0.29, 0.717) is 24.3 Å². The lowest BCUT2D eigenvalue weighted by Crippen LogP contribution is -2.44. The summed E-state index contributed by atoms with van der Waals surface area (Å²) in [4.78, 5) is 39.3. The Hall–Kier alpha value is -3.55. The second-order valence-corrected chi connectivity index (χ2v) is 7.79. The molecular weight excluding hydrogens is 386 g/mol. The lowest BCUT2D eigenvalue weighted by Gasteiger charge is -2.22. The third kappa shape index (κ3) is 2.79. The van der Waals surface area contributed by atoms with E-state index in [9.17, 15) is 14.4 Å². The van der Waals surface area contributed by atoms with Gasteiger partial charge in [0.05, 0.1) is 6.04 Å². The number of nitrogens with one attached hydrogen (secondary N) is 2. The van der Waals surface area contributed by atoms with E-state index in [2.05, 4.69) is 10.6 Å². The molecule has 3 aliphatic rings. The molecule has 0 bridgehead atoms. The minimum Gasteiger partial charge on any atom is -0.454 e. The van der Waals surface area contributed by atoms with Crippen LogP contribution in [0.5, 0.6) is 11.5 Å². The summed E-state index contributed by atoms with van der Waals surface area (Å²) in [5, 5.41) is 5.68. The molecule has 5 rings (SSSR count). The van der Waals surface area contributed by atoms with Crippen molar-refractivity contribution in [3.05, 3.63) is 59.2 Å². The van der Waals surface area contributed by atoms with Gasteiger partial charge in [-0.25, -0.2) is 4.79 Å². The fourth-order valence-electron chi connectivity index (χ4n) is 4.43. The highest BCUT2D eigenvalue weighted by Crippen LogP contribution is 2.41. The molecule has 1 aliphatic carbocycles. The van der Waals surface area contributed by atoms with Gasteiger partial charge in [-0.2, -0.15) is 0 Å². The van der Waals surface area contributed by atoms with Crippen LogP contribution in [0.2, 0.25) is 0 Å². The van der Waals surface area contributed by atoms with Crippen LogP contribution < -0.4 is 20.1 Å². The quantitative estimate of drug-likeness (QED) is 0.756. The normalized spacial score (nSPS) is 22.2. The van der Waals surface area contributed by atoms with Crippen molar-refractivity contribution in [1.29, 1.82) is 0 Å². The zero-order valence-corrected chi connectivity index (χ0v) is 16.4. The van der Waals surface area contributed by atoms with Gasteiger partial charge in [-0.1, -0.05) is 30.3 Å². The molecule has 30 heavy (non-hydrogen) atoms. The number of aryl methyl sites for hydroxylation is 1. The molecule has 154 valence electrons. The van der Waals surface area contributed by atoms with Crippen molar-refractivity contribution in [2.75, 3.05) is 13.3 Å². The SMILES string of the molecule is CC(NC(=O)CN1C(=O)NC2(CCc3ccccc32)C1=O)c1ccc2c(c1)OCO2. The highest BCUT2D eigenvalue weighted by molar-refractivity contribution is 6.09. The minimum absolute atomic E-state index is 0.177. The van der Waals surface area contributed by atoms with Gasteiger partial charge in [-0.3, -0.25) is 14.5 Å². The number of fused-ring (bicyclic) bond motifs is 3. The number of nitrogens with zero attached hydrogens (tertiary/aromatic N) is 1. The van der Waals surface area contributed by atoms with Crippen molar-refractivity contribution in [3.8, 4) is 11.5 Å². The van der Waals surface area contributed by atoms with Crippen LogP contribution >= 0.6 is 0 Å². The molecule has 2 heterocycles. The van der Waals surface area contributed by atoms with Gasteiger partial charge in [0.2, 0.25) is 12.7 Å². The van der Waals surface area contributed by atoms with Crippen LogP contribution in [0.3, 0.4) is 0 Å². The van der Waals surface area contributed by atoms with Gasteiger partial charge < -0.3 is 20.1 Å². The number of ether oxygens (including phenoxy) is 2. The van der Waals surface area contributed by atoms with Crippen molar-refractivity contribution in [2.24, 2.45) is 0 Å². The van der Waals surface area contributed by atoms with Crippen molar-refractivity contribution in [1.82, 2.24) is 15.5 Å². The van der Waals surface area contributed by atoms with Gasteiger partial charge in [0.15, 0.2) is 11.5 Å². The molecule has 2 atom stereocenters. The van der Waals surface area contributed by atoms with Crippen LogP contribution in [0.25, 0.3) is 0 Å². The molecule has 0 saturated carbocycles.